The van der Waals surface area contributed by atoms with Gasteiger partial charge in [-0.05, 0) is 51.2 Å². The molecule has 1 rings (SSSR count). The van der Waals surface area contributed by atoms with Gasteiger partial charge in [0.15, 0.2) is 5.78 Å². The quantitative estimate of drug-likeness (QED) is 0.232. The summed E-state index contributed by atoms with van der Waals surface area (Å²) in [5.74, 6) is -2.51. The Morgan fingerprint density at radius 3 is 2.26 bits per heavy atom. The molecule has 1 heterocycles. The number of aliphatic hydroxyl groups excluding tert-OH is 3. The second-order valence-corrected chi connectivity index (χ2v) is 12.7. The highest BCUT2D eigenvalue weighted by Crippen LogP contribution is 2.27. The lowest BCUT2D eigenvalue weighted by atomic mass is 9.84. The van der Waals surface area contributed by atoms with Crippen molar-refractivity contribution in [1.29, 1.82) is 0 Å². The van der Waals surface area contributed by atoms with Gasteiger partial charge in [0.1, 0.15) is 12.2 Å². The zero-order chi connectivity index (χ0) is 32.3. The van der Waals surface area contributed by atoms with Crippen LogP contribution in [0.25, 0.3) is 0 Å². The maximum atomic E-state index is 13.3. The predicted octanol–water partition coefficient (Wildman–Crippen LogP) is 5.76. The molecule has 0 aromatic heterocycles. The van der Waals surface area contributed by atoms with Gasteiger partial charge in [-0.1, -0.05) is 90.0 Å². The zero-order valence-electron chi connectivity index (χ0n) is 27.6. The van der Waals surface area contributed by atoms with Gasteiger partial charge in [0.25, 0.3) is 0 Å². The Morgan fingerprint density at radius 1 is 1.07 bits per heavy atom. The molecule has 7 nitrogen and oxygen atoms in total. The lowest BCUT2D eigenvalue weighted by Crippen LogP contribution is -2.45. The molecule has 0 fully saturated rings. The minimum absolute atomic E-state index is 0.0301. The molecule has 7 heteroatoms. The van der Waals surface area contributed by atoms with E-state index >= 15 is 0 Å². The molecule has 10 unspecified atom stereocenters. The fourth-order valence-corrected chi connectivity index (χ4v) is 5.46. The van der Waals surface area contributed by atoms with Gasteiger partial charge < -0.3 is 24.8 Å². The van der Waals surface area contributed by atoms with Gasteiger partial charge in [0.05, 0.1) is 18.3 Å². The van der Waals surface area contributed by atoms with Crippen LogP contribution in [0.4, 0.5) is 0 Å². The van der Waals surface area contributed by atoms with Crippen LogP contribution in [0.1, 0.15) is 75.7 Å². The second-order valence-electron chi connectivity index (χ2n) is 12.7. The number of rotatable bonds is 9. The molecular formula is C35H56O7. The van der Waals surface area contributed by atoms with Crippen molar-refractivity contribution < 1.29 is 34.4 Å². The number of ketones is 1. The summed E-state index contributed by atoms with van der Waals surface area (Å²) in [5, 5.41) is 32.4. The van der Waals surface area contributed by atoms with Gasteiger partial charge in [0, 0.05) is 36.4 Å². The predicted molar refractivity (Wildman–Crippen MR) is 169 cm³/mol. The largest absolute Gasteiger partial charge is 0.456 e. The molecule has 1 aliphatic heterocycles. The molecule has 0 saturated carbocycles. The molecule has 238 valence electrons. The third-order valence-corrected chi connectivity index (χ3v) is 8.38. The Kier molecular flexibility index (Phi) is 15.9. The molecule has 0 bridgehead atoms. The smallest absolute Gasteiger partial charge is 0.334 e. The summed E-state index contributed by atoms with van der Waals surface area (Å²) in [6, 6.07) is 0. The number of hydrogen-bond acceptors (Lipinski definition) is 7. The number of allylic oxidation sites excluding steroid dienone is 6. The number of cyclic esters (lactones) is 1. The van der Waals surface area contributed by atoms with Crippen molar-refractivity contribution in [2.24, 2.45) is 35.5 Å². The zero-order valence-corrected chi connectivity index (χ0v) is 27.6. The Hall–Kier alpha value is -2.32. The van der Waals surface area contributed by atoms with E-state index in [1.54, 1.807) is 39.0 Å². The highest BCUT2D eigenvalue weighted by Gasteiger charge is 2.37. The SMILES string of the molecule is COC1/C=C/C=C(\C)CC(C)C(O)C(C)/C=C(C)/C=C(\C)C(=O)OC1C(C)C(O)C(C)C(=O)/C=C/C(C)C(O)C(C)C. The Bertz CT molecular complexity index is 1030. The summed E-state index contributed by atoms with van der Waals surface area (Å²) >= 11 is 0. The standard InChI is InChI=1S/C35H56O7/c1-20(2)31(37)23(5)15-16-29(36)27(9)33(39)28(10)34-30(41-11)14-12-13-21(3)17-24(6)32(38)25(7)18-22(4)19-26(8)35(40)42-34/h12-16,18-20,23-25,27-28,30-34,37-39H,17H2,1-11H3/b14-12+,16-15+,21-13+,22-18+,26-19+. The molecule has 0 aliphatic carbocycles. The normalized spacial score (nSPS) is 33.3. The van der Waals surface area contributed by atoms with Crippen LogP contribution >= 0.6 is 0 Å². The molecule has 0 aromatic carbocycles. The topological polar surface area (TPSA) is 113 Å². The maximum Gasteiger partial charge on any atom is 0.334 e. The van der Waals surface area contributed by atoms with Crippen LogP contribution in [0.15, 0.2) is 59.3 Å². The molecule has 3 N–H and O–H groups in total. The lowest BCUT2D eigenvalue weighted by molar-refractivity contribution is -0.158. The van der Waals surface area contributed by atoms with Crippen molar-refractivity contribution >= 4 is 11.8 Å². The van der Waals surface area contributed by atoms with E-state index in [9.17, 15) is 24.9 Å². The summed E-state index contributed by atoms with van der Waals surface area (Å²) in [4.78, 5) is 26.3. The number of hydrogen-bond donors (Lipinski definition) is 3. The van der Waals surface area contributed by atoms with Crippen molar-refractivity contribution in [1.82, 2.24) is 0 Å². The van der Waals surface area contributed by atoms with Crippen molar-refractivity contribution in [2.45, 2.75) is 106 Å². The van der Waals surface area contributed by atoms with Crippen LogP contribution in [-0.4, -0.2) is 64.7 Å². The number of aliphatic hydroxyl groups is 3. The van der Waals surface area contributed by atoms with Crippen molar-refractivity contribution in [3.63, 3.8) is 0 Å². The highest BCUT2D eigenvalue weighted by atomic mass is 16.6. The minimum Gasteiger partial charge on any atom is -0.456 e. The molecular weight excluding hydrogens is 532 g/mol. The van der Waals surface area contributed by atoms with E-state index < -0.39 is 48.3 Å². The van der Waals surface area contributed by atoms with Gasteiger partial charge in [-0.25, -0.2) is 4.79 Å². The van der Waals surface area contributed by atoms with Crippen LogP contribution in [0.3, 0.4) is 0 Å². The van der Waals surface area contributed by atoms with Gasteiger partial charge in [-0.2, -0.15) is 0 Å². The lowest BCUT2D eigenvalue weighted by Gasteiger charge is -2.33. The first-order valence-electron chi connectivity index (χ1n) is 15.2. The number of carbonyl (C=O) groups excluding carboxylic acids is 2. The summed E-state index contributed by atoms with van der Waals surface area (Å²) < 4.78 is 11.7. The van der Waals surface area contributed by atoms with Crippen molar-refractivity contribution in [2.75, 3.05) is 7.11 Å². The van der Waals surface area contributed by atoms with Crippen LogP contribution in [-0.2, 0) is 19.1 Å². The summed E-state index contributed by atoms with van der Waals surface area (Å²) in [7, 11) is 1.51. The number of ether oxygens (including phenoxy) is 2. The Balaban J connectivity index is 3.40. The average molecular weight is 589 g/mol. The fourth-order valence-electron chi connectivity index (χ4n) is 5.46. The van der Waals surface area contributed by atoms with E-state index in [0.29, 0.717) is 12.0 Å². The highest BCUT2D eigenvalue weighted by molar-refractivity contribution is 5.92. The summed E-state index contributed by atoms with van der Waals surface area (Å²) in [5.41, 5.74) is 2.28. The molecule has 1 aliphatic rings. The van der Waals surface area contributed by atoms with Crippen LogP contribution < -0.4 is 0 Å². The third-order valence-electron chi connectivity index (χ3n) is 8.38. The van der Waals surface area contributed by atoms with Crippen molar-refractivity contribution in [3.05, 3.63) is 59.3 Å². The van der Waals surface area contributed by atoms with E-state index in [1.807, 2.05) is 66.7 Å². The van der Waals surface area contributed by atoms with E-state index in [2.05, 4.69) is 0 Å². The fraction of sp³-hybridized carbons (Fsp3) is 0.657. The third kappa shape index (κ3) is 11.4. The Morgan fingerprint density at radius 2 is 1.69 bits per heavy atom. The van der Waals surface area contributed by atoms with Crippen LogP contribution in [0, 0.1) is 35.5 Å². The van der Waals surface area contributed by atoms with Gasteiger partial charge in [0.2, 0.25) is 0 Å². The van der Waals surface area contributed by atoms with E-state index in [1.165, 1.54) is 13.2 Å². The van der Waals surface area contributed by atoms with Crippen LogP contribution in [0.2, 0.25) is 0 Å². The summed E-state index contributed by atoms with van der Waals surface area (Å²) in [6.07, 6.45) is 9.22. The Labute approximate surface area is 254 Å². The second kappa shape index (κ2) is 17.7. The first-order chi connectivity index (χ1) is 19.5. The van der Waals surface area contributed by atoms with E-state index in [0.717, 1.165) is 11.1 Å². The number of methoxy groups -OCH3 is 1. The summed E-state index contributed by atoms with van der Waals surface area (Å²) in [6.45, 7) is 18.6. The first-order valence-corrected chi connectivity index (χ1v) is 15.2. The van der Waals surface area contributed by atoms with E-state index in [-0.39, 0.29) is 29.5 Å². The number of carbonyl (C=O) groups is 2. The number of esters is 1. The molecule has 10 atom stereocenters. The molecule has 0 spiro atoms. The molecule has 0 amide bonds. The van der Waals surface area contributed by atoms with E-state index in [4.69, 9.17) is 9.47 Å². The molecule has 0 radical (unpaired) electrons. The maximum absolute atomic E-state index is 13.3. The van der Waals surface area contributed by atoms with Crippen LogP contribution in [0.5, 0.6) is 0 Å². The molecule has 0 aromatic rings. The van der Waals surface area contributed by atoms with Crippen molar-refractivity contribution in [3.8, 4) is 0 Å². The minimum atomic E-state index is -1.13. The monoisotopic (exact) mass is 588 g/mol. The first kappa shape index (κ1) is 37.7. The average Bonchev–Trinajstić information content (AvgIpc) is 2.93. The van der Waals surface area contributed by atoms with Gasteiger partial charge >= 0.3 is 5.97 Å². The van der Waals surface area contributed by atoms with Gasteiger partial charge in [-0.3, -0.25) is 4.79 Å². The molecule has 0 saturated heterocycles. The van der Waals surface area contributed by atoms with Gasteiger partial charge in [-0.15, -0.1) is 0 Å². The molecule has 42 heavy (non-hydrogen) atoms.